The van der Waals surface area contributed by atoms with Crippen molar-refractivity contribution in [3.8, 4) is 0 Å². The molecule has 1 aliphatic heterocycles. The number of benzene rings is 1. The van der Waals surface area contributed by atoms with E-state index in [9.17, 15) is 9.59 Å². The molecule has 0 radical (unpaired) electrons. The van der Waals surface area contributed by atoms with Gasteiger partial charge in [-0.2, -0.15) is 0 Å². The van der Waals surface area contributed by atoms with Gasteiger partial charge in [-0.3, -0.25) is 14.5 Å². The third-order valence-corrected chi connectivity index (χ3v) is 5.06. The molecule has 1 N–H and O–H groups in total. The summed E-state index contributed by atoms with van der Waals surface area (Å²) in [5.74, 6) is -0.265. The van der Waals surface area contributed by atoms with Gasteiger partial charge in [0.1, 0.15) is 0 Å². The predicted molar refractivity (Wildman–Crippen MR) is 104 cm³/mol. The number of esters is 1. The molecule has 1 atom stereocenters. The fourth-order valence-corrected chi connectivity index (χ4v) is 3.57. The number of likely N-dealkylation sites (tertiary alicyclic amines) is 1. The van der Waals surface area contributed by atoms with E-state index in [1.807, 2.05) is 11.8 Å². The van der Waals surface area contributed by atoms with Gasteiger partial charge in [-0.15, -0.1) is 0 Å². The van der Waals surface area contributed by atoms with E-state index in [2.05, 4.69) is 38.2 Å². The zero-order chi connectivity index (χ0) is 19.1. The predicted octanol–water partition coefficient (Wildman–Crippen LogP) is 3.20. The monoisotopic (exact) mass is 360 g/mol. The quantitative estimate of drug-likeness (QED) is 0.723. The minimum absolute atomic E-state index is 0.0110. The Balaban J connectivity index is 2.01. The summed E-state index contributed by atoms with van der Waals surface area (Å²) < 4.78 is 5.09. The van der Waals surface area contributed by atoms with Gasteiger partial charge in [-0.25, -0.2) is 0 Å². The maximum absolute atomic E-state index is 12.6. The third kappa shape index (κ3) is 5.07. The van der Waals surface area contributed by atoms with E-state index in [4.69, 9.17) is 4.74 Å². The number of nitrogens with one attached hydrogen (secondary N) is 1. The van der Waals surface area contributed by atoms with Crippen LogP contribution in [0, 0.1) is 5.92 Å². The number of hydrogen-bond acceptors (Lipinski definition) is 4. The molecule has 1 aromatic rings. The summed E-state index contributed by atoms with van der Waals surface area (Å²) in [6.07, 6.45) is 3.55. The number of aryl methyl sites for hydroxylation is 3. The third-order valence-electron chi connectivity index (χ3n) is 5.06. The standard InChI is InChI=1S/C21H32N2O3/c1-5-15-11-16(6-2)20(17(7-3)12-15)22-19(24)14-23-10-9-18(13-23)21(25)26-8-4/h11-12,18H,5-10,13-14H2,1-4H3,(H,22,24). The van der Waals surface area contributed by atoms with Gasteiger partial charge in [0, 0.05) is 12.2 Å². The Morgan fingerprint density at radius 3 is 2.31 bits per heavy atom. The van der Waals surface area contributed by atoms with E-state index in [-0.39, 0.29) is 17.8 Å². The van der Waals surface area contributed by atoms with Crippen LogP contribution in [0.2, 0.25) is 0 Å². The Hall–Kier alpha value is -1.88. The molecule has 0 aromatic heterocycles. The fourth-order valence-electron chi connectivity index (χ4n) is 3.57. The van der Waals surface area contributed by atoms with Crippen molar-refractivity contribution < 1.29 is 14.3 Å². The van der Waals surface area contributed by atoms with Crippen LogP contribution < -0.4 is 5.32 Å². The van der Waals surface area contributed by atoms with Gasteiger partial charge in [0.05, 0.1) is 19.1 Å². The molecule has 1 aliphatic rings. The van der Waals surface area contributed by atoms with E-state index in [0.29, 0.717) is 19.7 Å². The van der Waals surface area contributed by atoms with Crippen LogP contribution in [0.3, 0.4) is 0 Å². The summed E-state index contributed by atoms with van der Waals surface area (Å²) in [4.78, 5) is 26.5. The Morgan fingerprint density at radius 2 is 1.77 bits per heavy atom. The van der Waals surface area contributed by atoms with Crippen LogP contribution in [0.4, 0.5) is 5.69 Å². The van der Waals surface area contributed by atoms with E-state index >= 15 is 0 Å². The van der Waals surface area contributed by atoms with Gasteiger partial charge < -0.3 is 10.1 Å². The number of rotatable bonds is 8. The zero-order valence-corrected chi connectivity index (χ0v) is 16.6. The second-order valence-electron chi connectivity index (χ2n) is 6.87. The molecular weight excluding hydrogens is 328 g/mol. The first-order chi connectivity index (χ1) is 12.5. The maximum Gasteiger partial charge on any atom is 0.310 e. The van der Waals surface area contributed by atoms with Crippen molar-refractivity contribution in [2.24, 2.45) is 5.92 Å². The first-order valence-corrected chi connectivity index (χ1v) is 9.85. The van der Waals surface area contributed by atoms with E-state index in [0.717, 1.165) is 37.9 Å². The van der Waals surface area contributed by atoms with Gasteiger partial charge in [-0.05, 0) is 55.8 Å². The van der Waals surface area contributed by atoms with E-state index in [1.165, 1.54) is 16.7 Å². The number of carbonyl (C=O) groups excluding carboxylic acids is 2. The van der Waals surface area contributed by atoms with Crippen molar-refractivity contribution in [2.45, 2.75) is 53.4 Å². The first kappa shape index (κ1) is 20.4. The van der Waals surface area contributed by atoms with Crippen molar-refractivity contribution in [3.05, 3.63) is 28.8 Å². The minimum Gasteiger partial charge on any atom is -0.466 e. The van der Waals surface area contributed by atoms with E-state index < -0.39 is 0 Å². The summed E-state index contributed by atoms with van der Waals surface area (Å²) in [6.45, 7) is 10.3. The lowest BCUT2D eigenvalue weighted by molar-refractivity contribution is -0.147. The zero-order valence-electron chi connectivity index (χ0n) is 16.6. The van der Waals surface area contributed by atoms with Crippen molar-refractivity contribution in [1.29, 1.82) is 0 Å². The lowest BCUT2D eigenvalue weighted by Gasteiger charge is -2.19. The molecule has 0 aliphatic carbocycles. The molecule has 0 bridgehead atoms. The molecule has 26 heavy (non-hydrogen) atoms. The Morgan fingerprint density at radius 1 is 1.12 bits per heavy atom. The Kier molecular flexibility index (Phi) is 7.64. The lowest BCUT2D eigenvalue weighted by atomic mass is 9.98. The van der Waals surface area contributed by atoms with Gasteiger partial charge in [-0.1, -0.05) is 32.9 Å². The second kappa shape index (κ2) is 9.72. The van der Waals surface area contributed by atoms with Gasteiger partial charge in [0.25, 0.3) is 0 Å². The average Bonchev–Trinajstić information content (AvgIpc) is 3.10. The van der Waals surface area contributed by atoms with E-state index in [1.54, 1.807) is 0 Å². The molecule has 0 saturated carbocycles. The fraction of sp³-hybridized carbons (Fsp3) is 0.619. The molecular formula is C21H32N2O3. The number of hydrogen-bond donors (Lipinski definition) is 1. The normalized spacial score (nSPS) is 17.3. The van der Waals surface area contributed by atoms with Crippen LogP contribution in [0.1, 0.15) is 50.8 Å². The molecule has 1 unspecified atom stereocenters. The molecule has 5 heteroatoms. The van der Waals surface area contributed by atoms with Gasteiger partial charge in [0.15, 0.2) is 0 Å². The van der Waals surface area contributed by atoms with Crippen molar-refractivity contribution >= 4 is 17.6 Å². The largest absolute Gasteiger partial charge is 0.466 e. The first-order valence-electron chi connectivity index (χ1n) is 9.85. The smallest absolute Gasteiger partial charge is 0.310 e. The van der Waals surface area contributed by atoms with Crippen LogP contribution >= 0.6 is 0 Å². The number of amides is 1. The van der Waals surface area contributed by atoms with Crippen LogP contribution in [-0.2, 0) is 33.6 Å². The molecule has 2 rings (SSSR count). The number of carbonyl (C=O) groups is 2. The maximum atomic E-state index is 12.6. The summed E-state index contributed by atoms with van der Waals surface area (Å²) in [5, 5.41) is 3.13. The number of ether oxygens (including phenoxy) is 1. The molecule has 5 nitrogen and oxygen atoms in total. The number of anilines is 1. The van der Waals surface area contributed by atoms with Gasteiger partial charge in [0.2, 0.25) is 5.91 Å². The Labute approximate surface area is 157 Å². The van der Waals surface area contributed by atoms with Crippen LogP contribution in [-0.4, -0.2) is 43.0 Å². The average molecular weight is 360 g/mol. The van der Waals surface area contributed by atoms with Crippen molar-refractivity contribution in [3.63, 3.8) is 0 Å². The van der Waals surface area contributed by atoms with Gasteiger partial charge >= 0.3 is 5.97 Å². The molecule has 1 saturated heterocycles. The highest BCUT2D eigenvalue weighted by atomic mass is 16.5. The van der Waals surface area contributed by atoms with Crippen LogP contribution in [0.15, 0.2) is 12.1 Å². The lowest BCUT2D eigenvalue weighted by Crippen LogP contribution is -2.33. The molecule has 1 fully saturated rings. The molecule has 1 amide bonds. The highest BCUT2D eigenvalue weighted by Gasteiger charge is 2.30. The molecule has 1 heterocycles. The summed E-state index contributed by atoms with van der Waals surface area (Å²) in [5.41, 5.74) is 4.67. The SMILES string of the molecule is CCOC(=O)C1CCN(CC(=O)Nc2c(CC)cc(CC)cc2CC)C1. The highest BCUT2D eigenvalue weighted by Crippen LogP contribution is 2.26. The highest BCUT2D eigenvalue weighted by molar-refractivity contribution is 5.94. The van der Waals surface area contributed by atoms with Crippen molar-refractivity contribution in [2.75, 3.05) is 31.6 Å². The molecule has 144 valence electrons. The molecule has 1 aromatic carbocycles. The topological polar surface area (TPSA) is 58.6 Å². The van der Waals surface area contributed by atoms with Crippen LogP contribution in [0.5, 0.6) is 0 Å². The minimum atomic E-state index is -0.146. The second-order valence-corrected chi connectivity index (χ2v) is 6.87. The summed E-state index contributed by atoms with van der Waals surface area (Å²) in [7, 11) is 0. The molecule has 0 spiro atoms. The Bertz CT molecular complexity index is 617. The summed E-state index contributed by atoms with van der Waals surface area (Å²) >= 11 is 0. The summed E-state index contributed by atoms with van der Waals surface area (Å²) in [6, 6.07) is 4.39. The number of nitrogens with zero attached hydrogens (tertiary/aromatic N) is 1. The van der Waals surface area contributed by atoms with Crippen molar-refractivity contribution in [1.82, 2.24) is 4.90 Å². The van der Waals surface area contributed by atoms with Crippen LogP contribution in [0.25, 0.3) is 0 Å².